The molecule has 110 valence electrons. The summed E-state index contributed by atoms with van der Waals surface area (Å²) < 4.78 is 6.41. The van der Waals surface area contributed by atoms with Crippen LogP contribution in [-0.4, -0.2) is 36.7 Å². The van der Waals surface area contributed by atoms with E-state index in [1.54, 1.807) is 0 Å². The van der Waals surface area contributed by atoms with Gasteiger partial charge >= 0.3 is 0 Å². The minimum absolute atomic E-state index is 0.0432. The van der Waals surface area contributed by atoms with Crippen molar-refractivity contribution >= 4 is 0 Å². The molecule has 2 heterocycles. The van der Waals surface area contributed by atoms with E-state index in [0.29, 0.717) is 5.92 Å². The number of ether oxygens (including phenoxy) is 1. The van der Waals surface area contributed by atoms with Crippen molar-refractivity contribution in [3.8, 4) is 5.75 Å². The maximum Gasteiger partial charge on any atom is 0.123 e. The predicted octanol–water partition coefficient (Wildman–Crippen LogP) is 2.54. The summed E-state index contributed by atoms with van der Waals surface area (Å²) in [5.41, 5.74) is 8.51. The maximum atomic E-state index is 6.41. The third-order valence-electron chi connectivity index (χ3n) is 4.77. The first-order chi connectivity index (χ1) is 9.62. The molecule has 1 fully saturated rings. The Kier molecular flexibility index (Phi) is 3.74. The Bertz CT molecular complexity index is 486. The molecule has 1 atom stereocenters. The van der Waals surface area contributed by atoms with E-state index >= 15 is 0 Å². The molecule has 3 nitrogen and oxygen atoms in total. The zero-order valence-corrected chi connectivity index (χ0v) is 12.7. The summed E-state index contributed by atoms with van der Waals surface area (Å²) in [6.07, 6.45) is 3.42. The fourth-order valence-corrected chi connectivity index (χ4v) is 3.49. The first kappa shape index (κ1) is 13.9. The zero-order valence-electron chi connectivity index (χ0n) is 12.7. The lowest BCUT2D eigenvalue weighted by Gasteiger charge is -2.36. The molecule has 1 aromatic carbocycles. The lowest BCUT2D eigenvalue weighted by atomic mass is 9.88. The Morgan fingerprint density at radius 1 is 1.35 bits per heavy atom. The Morgan fingerprint density at radius 2 is 2.20 bits per heavy atom. The molecule has 3 heteroatoms. The topological polar surface area (TPSA) is 38.5 Å². The number of rotatable bonds is 3. The summed E-state index contributed by atoms with van der Waals surface area (Å²) in [6.45, 7) is 8.38. The molecular formula is C17H26N2O. The molecule has 0 radical (unpaired) electrons. The Labute approximate surface area is 122 Å². The summed E-state index contributed by atoms with van der Waals surface area (Å²) in [6, 6.07) is 6.73. The van der Waals surface area contributed by atoms with Crippen LogP contribution in [-0.2, 0) is 6.42 Å². The van der Waals surface area contributed by atoms with Gasteiger partial charge in [-0.05, 0) is 36.0 Å². The molecule has 1 saturated heterocycles. The van der Waals surface area contributed by atoms with Crippen molar-refractivity contribution in [1.82, 2.24) is 4.90 Å². The van der Waals surface area contributed by atoms with Gasteiger partial charge in [0, 0.05) is 32.6 Å². The van der Waals surface area contributed by atoms with Crippen LogP contribution in [0.2, 0.25) is 0 Å². The van der Waals surface area contributed by atoms with Gasteiger partial charge in [-0.3, -0.25) is 4.90 Å². The van der Waals surface area contributed by atoms with Crippen LogP contribution in [0.3, 0.4) is 0 Å². The van der Waals surface area contributed by atoms with E-state index in [4.69, 9.17) is 10.5 Å². The first-order valence-corrected chi connectivity index (χ1v) is 7.86. The first-order valence-electron chi connectivity index (χ1n) is 7.86. The molecule has 1 unspecified atom stereocenters. The second-order valence-corrected chi connectivity index (χ2v) is 6.62. The minimum atomic E-state index is 0.0432. The number of benzene rings is 1. The molecule has 20 heavy (non-hydrogen) atoms. The van der Waals surface area contributed by atoms with Crippen molar-refractivity contribution in [2.75, 3.05) is 26.2 Å². The van der Waals surface area contributed by atoms with Crippen molar-refractivity contribution in [2.45, 2.75) is 44.6 Å². The average Bonchev–Trinajstić information content (AvgIpc) is 2.81. The molecule has 1 aromatic rings. The highest BCUT2D eigenvalue weighted by Gasteiger charge is 2.42. The van der Waals surface area contributed by atoms with E-state index in [2.05, 4.69) is 36.9 Å². The summed E-state index contributed by atoms with van der Waals surface area (Å²) in [5, 5.41) is 0. The molecule has 1 spiro atoms. The summed E-state index contributed by atoms with van der Waals surface area (Å²) in [7, 11) is 0. The van der Waals surface area contributed by atoms with Crippen LogP contribution in [0.25, 0.3) is 0 Å². The van der Waals surface area contributed by atoms with Gasteiger partial charge in [0.05, 0.1) is 0 Å². The highest BCUT2D eigenvalue weighted by molar-refractivity contribution is 5.40. The van der Waals surface area contributed by atoms with E-state index < -0.39 is 0 Å². The van der Waals surface area contributed by atoms with E-state index in [1.165, 1.54) is 11.1 Å². The fraction of sp³-hybridized carbons (Fsp3) is 0.647. The lowest BCUT2D eigenvalue weighted by Crippen LogP contribution is -2.43. The Balaban J connectivity index is 1.76. The van der Waals surface area contributed by atoms with Gasteiger partial charge in [-0.2, -0.15) is 0 Å². The number of nitrogens with two attached hydrogens (primary N) is 1. The molecule has 0 bridgehead atoms. The standard InChI is InChI=1S/C17H26N2O/c1-13(2)14-3-4-16-15(11-14)5-6-17(20-16)7-9-19(12-17)10-8-18/h3-4,11,13H,5-10,12,18H2,1-2H3. The van der Waals surface area contributed by atoms with Crippen molar-refractivity contribution in [3.63, 3.8) is 0 Å². The molecular weight excluding hydrogens is 248 g/mol. The van der Waals surface area contributed by atoms with E-state index in [9.17, 15) is 0 Å². The third-order valence-corrected chi connectivity index (χ3v) is 4.77. The largest absolute Gasteiger partial charge is 0.486 e. The zero-order chi connectivity index (χ0) is 14.2. The fourth-order valence-electron chi connectivity index (χ4n) is 3.49. The van der Waals surface area contributed by atoms with Crippen molar-refractivity contribution in [3.05, 3.63) is 29.3 Å². The minimum Gasteiger partial charge on any atom is -0.486 e. The van der Waals surface area contributed by atoms with Gasteiger partial charge in [0.1, 0.15) is 11.4 Å². The SMILES string of the molecule is CC(C)c1ccc2c(c1)CCC1(CCN(CCN)C1)O2. The normalized spacial score (nSPS) is 26.0. The van der Waals surface area contributed by atoms with Gasteiger partial charge in [0.15, 0.2) is 0 Å². The van der Waals surface area contributed by atoms with Crippen LogP contribution < -0.4 is 10.5 Å². The molecule has 0 saturated carbocycles. The van der Waals surface area contributed by atoms with Gasteiger partial charge in [0.2, 0.25) is 0 Å². The van der Waals surface area contributed by atoms with Crippen LogP contribution in [0.15, 0.2) is 18.2 Å². The number of aryl methyl sites for hydroxylation is 1. The van der Waals surface area contributed by atoms with Gasteiger partial charge < -0.3 is 10.5 Å². The van der Waals surface area contributed by atoms with Crippen LogP contribution >= 0.6 is 0 Å². The van der Waals surface area contributed by atoms with Crippen molar-refractivity contribution in [2.24, 2.45) is 5.73 Å². The quantitative estimate of drug-likeness (QED) is 0.920. The van der Waals surface area contributed by atoms with Gasteiger partial charge in [-0.15, -0.1) is 0 Å². The second kappa shape index (κ2) is 5.38. The monoisotopic (exact) mass is 274 g/mol. The summed E-state index contributed by atoms with van der Waals surface area (Å²) >= 11 is 0. The van der Waals surface area contributed by atoms with E-state index in [-0.39, 0.29) is 5.60 Å². The molecule has 0 aromatic heterocycles. The van der Waals surface area contributed by atoms with E-state index in [1.807, 2.05) is 0 Å². The molecule has 3 rings (SSSR count). The number of likely N-dealkylation sites (tertiary alicyclic amines) is 1. The highest BCUT2D eigenvalue weighted by Crippen LogP contribution is 2.39. The van der Waals surface area contributed by atoms with Crippen LogP contribution in [0.5, 0.6) is 5.75 Å². The van der Waals surface area contributed by atoms with E-state index in [0.717, 1.165) is 51.2 Å². The number of hydrogen-bond acceptors (Lipinski definition) is 3. The van der Waals surface area contributed by atoms with Crippen LogP contribution in [0.1, 0.15) is 43.7 Å². The predicted molar refractivity (Wildman–Crippen MR) is 82.3 cm³/mol. The molecule has 0 aliphatic carbocycles. The van der Waals surface area contributed by atoms with Crippen LogP contribution in [0.4, 0.5) is 0 Å². The highest BCUT2D eigenvalue weighted by atomic mass is 16.5. The molecule has 0 amide bonds. The van der Waals surface area contributed by atoms with Gasteiger partial charge in [-0.25, -0.2) is 0 Å². The van der Waals surface area contributed by atoms with Gasteiger partial charge in [0.25, 0.3) is 0 Å². The van der Waals surface area contributed by atoms with Gasteiger partial charge in [-0.1, -0.05) is 26.0 Å². The number of fused-ring (bicyclic) bond motifs is 1. The maximum absolute atomic E-state index is 6.41. The molecule has 2 N–H and O–H groups in total. The smallest absolute Gasteiger partial charge is 0.123 e. The van der Waals surface area contributed by atoms with Crippen LogP contribution in [0, 0.1) is 0 Å². The average molecular weight is 274 g/mol. The summed E-state index contributed by atoms with van der Waals surface area (Å²) in [5.74, 6) is 1.69. The van der Waals surface area contributed by atoms with Crippen molar-refractivity contribution < 1.29 is 4.74 Å². The number of hydrogen-bond donors (Lipinski definition) is 1. The number of nitrogens with zero attached hydrogens (tertiary/aromatic N) is 1. The van der Waals surface area contributed by atoms with Crippen molar-refractivity contribution in [1.29, 1.82) is 0 Å². The lowest BCUT2D eigenvalue weighted by molar-refractivity contribution is 0.0548. The third kappa shape index (κ3) is 2.57. The second-order valence-electron chi connectivity index (χ2n) is 6.62. The summed E-state index contributed by atoms with van der Waals surface area (Å²) in [4.78, 5) is 2.44. The Hall–Kier alpha value is -1.06. The Morgan fingerprint density at radius 3 is 2.95 bits per heavy atom. The molecule has 2 aliphatic heterocycles. The molecule has 2 aliphatic rings.